The van der Waals surface area contributed by atoms with Crippen LogP contribution in [-0.2, 0) is 16.1 Å². The molecule has 1 amide bonds. The first-order valence-corrected chi connectivity index (χ1v) is 7.69. The first-order valence-electron chi connectivity index (χ1n) is 6.87. The molecule has 1 aromatic rings. The van der Waals surface area contributed by atoms with Crippen LogP contribution in [0.2, 0.25) is 0 Å². The molecule has 0 saturated carbocycles. The summed E-state index contributed by atoms with van der Waals surface area (Å²) >= 11 is 1.31. The Bertz CT molecular complexity index is 509. The summed E-state index contributed by atoms with van der Waals surface area (Å²) in [5.74, 6) is -0.850. The number of nitrogens with zero attached hydrogens (tertiary/aromatic N) is 2. The number of ether oxygens (including phenoxy) is 1. The SMILES string of the molecule is COC(C)C(=O)N1CCN(Cc2ccc(C(=O)O)s2)CC1. The number of carbonyl (C=O) groups is 2. The number of piperazine rings is 1. The fourth-order valence-corrected chi connectivity index (χ4v) is 3.17. The molecule has 6 nitrogen and oxygen atoms in total. The van der Waals surface area contributed by atoms with E-state index in [1.807, 2.05) is 11.0 Å². The zero-order valence-corrected chi connectivity index (χ0v) is 13.1. The molecule has 0 aromatic carbocycles. The molecule has 1 atom stereocenters. The minimum Gasteiger partial charge on any atom is -0.477 e. The van der Waals surface area contributed by atoms with Crippen LogP contribution in [0.4, 0.5) is 0 Å². The van der Waals surface area contributed by atoms with E-state index in [9.17, 15) is 9.59 Å². The molecule has 1 saturated heterocycles. The van der Waals surface area contributed by atoms with Crippen molar-refractivity contribution in [1.82, 2.24) is 9.80 Å². The van der Waals surface area contributed by atoms with Crippen LogP contribution in [0.25, 0.3) is 0 Å². The third-order valence-electron chi connectivity index (χ3n) is 3.64. The summed E-state index contributed by atoms with van der Waals surface area (Å²) in [6.45, 7) is 5.45. The molecule has 2 heterocycles. The van der Waals surface area contributed by atoms with Gasteiger partial charge in [0.1, 0.15) is 11.0 Å². The van der Waals surface area contributed by atoms with E-state index >= 15 is 0 Å². The number of methoxy groups -OCH3 is 1. The number of rotatable bonds is 5. The van der Waals surface area contributed by atoms with Crippen molar-refractivity contribution in [1.29, 1.82) is 0 Å². The number of thiophene rings is 1. The summed E-state index contributed by atoms with van der Waals surface area (Å²) < 4.78 is 5.05. The second-order valence-corrected chi connectivity index (χ2v) is 6.22. The predicted molar refractivity (Wildman–Crippen MR) is 79.6 cm³/mol. The molecular weight excluding hydrogens is 292 g/mol. The summed E-state index contributed by atoms with van der Waals surface area (Å²) in [5.41, 5.74) is 0. The standard InChI is InChI=1S/C14H20N2O4S/c1-10(20-2)13(17)16-7-5-15(6-8-16)9-11-3-4-12(21-11)14(18)19/h3-4,10H,5-9H2,1-2H3,(H,18,19). The molecule has 0 bridgehead atoms. The Balaban J connectivity index is 1.83. The van der Waals surface area contributed by atoms with Gasteiger partial charge in [-0.25, -0.2) is 4.79 Å². The molecule has 7 heteroatoms. The fourth-order valence-electron chi connectivity index (χ4n) is 2.28. The normalized spacial score (nSPS) is 17.7. The number of aromatic carboxylic acids is 1. The molecule has 1 N–H and O–H groups in total. The van der Waals surface area contributed by atoms with Crippen LogP contribution in [0.15, 0.2) is 12.1 Å². The predicted octanol–water partition coefficient (Wildman–Crippen LogP) is 1.13. The molecule has 21 heavy (non-hydrogen) atoms. The lowest BCUT2D eigenvalue weighted by atomic mass is 10.2. The van der Waals surface area contributed by atoms with Gasteiger partial charge >= 0.3 is 5.97 Å². The smallest absolute Gasteiger partial charge is 0.345 e. The topological polar surface area (TPSA) is 70.1 Å². The average molecular weight is 312 g/mol. The third-order valence-corrected chi connectivity index (χ3v) is 4.70. The van der Waals surface area contributed by atoms with E-state index in [0.29, 0.717) is 18.0 Å². The molecular formula is C14H20N2O4S. The number of carboxylic acid groups (broad SMARTS) is 1. The molecule has 116 valence electrons. The van der Waals surface area contributed by atoms with E-state index in [4.69, 9.17) is 9.84 Å². The van der Waals surface area contributed by atoms with Crippen LogP contribution < -0.4 is 0 Å². The maximum absolute atomic E-state index is 12.0. The largest absolute Gasteiger partial charge is 0.477 e. The second kappa shape index (κ2) is 7.02. The zero-order valence-electron chi connectivity index (χ0n) is 12.2. The Morgan fingerprint density at radius 1 is 1.33 bits per heavy atom. The number of carbonyl (C=O) groups excluding carboxylic acids is 1. The van der Waals surface area contributed by atoms with E-state index in [-0.39, 0.29) is 5.91 Å². The number of hydrogen-bond donors (Lipinski definition) is 1. The van der Waals surface area contributed by atoms with Crippen molar-refractivity contribution in [3.63, 3.8) is 0 Å². The van der Waals surface area contributed by atoms with Crippen LogP contribution in [0, 0.1) is 0 Å². The quantitative estimate of drug-likeness (QED) is 0.882. The molecule has 1 aliphatic heterocycles. The highest BCUT2D eigenvalue weighted by Crippen LogP contribution is 2.19. The van der Waals surface area contributed by atoms with Gasteiger partial charge in [-0.1, -0.05) is 0 Å². The van der Waals surface area contributed by atoms with Crippen LogP contribution in [0.3, 0.4) is 0 Å². The van der Waals surface area contributed by atoms with Crippen LogP contribution in [0.5, 0.6) is 0 Å². The Kier molecular flexibility index (Phi) is 5.33. The summed E-state index contributed by atoms with van der Waals surface area (Å²) in [6.07, 6.45) is -0.396. The maximum Gasteiger partial charge on any atom is 0.345 e. The number of hydrogen-bond acceptors (Lipinski definition) is 5. The van der Waals surface area contributed by atoms with Gasteiger partial charge < -0.3 is 14.7 Å². The Morgan fingerprint density at radius 3 is 2.52 bits per heavy atom. The van der Waals surface area contributed by atoms with Crippen LogP contribution in [-0.4, -0.2) is 66.2 Å². The summed E-state index contributed by atoms with van der Waals surface area (Å²) in [4.78, 5) is 28.3. The molecule has 0 radical (unpaired) electrons. The second-order valence-electron chi connectivity index (χ2n) is 5.05. The van der Waals surface area contributed by atoms with Gasteiger partial charge in [-0.3, -0.25) is 9.69 Å². The maximum atomic E-state index is 12.0. The van der Waals surface area contributed by atoms with E-state index in [0.717, 1.165) is 24.5 Å². The van der Waals surface area contributed by atoms with Gasteiger partial charge in [-0.05, 0) is 19.1 Å². The van der Waals surface area contributed by atoms with Gasteiger partial charge in [0.05, 0.1) is 0 Å². The van der Waals surface area contributed by atoms with E-state index in [1.54, 1.807) is 13.0 Å². The van der Waals surface area contributed by atoms with Crippen molar-refractivity contribution in [2.45, 2.75) is 19.6 Å². The van der Waals surface area contributed by atoms with Gasteiger partial charge in [-0.2, -0.15) is 0 Å². The van der Waals surface area contributed by atoms with Crippen molar-refractivity contribution >= 4 is 23.2 Å². The highest BCUT2D eigenvalue weighted by molar-refractivity contribution is 7.13. The molecule has 2 rings (SSSR count). The molecule has 1 unspecified atom stereocenters. The monoisotopic (exact) mass is 312 g/mol. The number of carboxylic acids is 1. The lowest BCUT2D eigenvalue weighted by molar-refractivity contribution is -0.142. The fraction of sp³-hybridized carbons (Fsp3) is 0.571. The number of amides is 1. The van der Waals surface area contributed by atoms with Crippen molar-refractivity contribution in [3.8, 4) is 0 Å². The van der Waals surface area contributed by atoms with Gasteiger partial charge in [0.2, 0.25) is 0 Å². The Hall–Kier alpha value is -1.44. The minimum absolute atomic E-state index is 0.0291. The average Bonchev–Trinajstić information content (AvgIpc) is 2.95. The molecule has 0 aliphatic carbocycles. The first kappa shape index (κ1) is 15.9. The van der Waals surface area contributed by atoms with Gasteiger partial charge in [0.25, 0.3) is 5.91 Å². The molecule has 1 fully saturated rings. The van der Waals surface area contributed by atoms with E-state index in [2.05, 4.69) is 4.90 Å². The molecule has 1 aliphatic rings. The van der Waals surface area contributed by atoms with E-state index < -0.39 is 12.1 Å². The highest BCUT2D eigenvalue weighted by Gasteiger charge is 2.25. The summed E-state index contributed by atoms with van der Waals surface area (Å²) in [7, 11) is 1.54. The van der Waals surface area contributed by atoms with Gasteiger partial charge in [0.15, 0.2) is 0 Å². The zero-order chi connectivity index (χ0) is 15.4. The highest BCUT2D eigenvalue weighted by atomic mass is 32.1. The van der Waals surface area contributed by atoms with E-state index in [1.165, 1.54) is 18.4 Å². The van der Waals surface area contributed by atoms with Crippen molar-refractivity contribution < 1.29 is 19.4 Å². The minimum atomic E-state index is -0.879. The summed E-state index contributed by atoms with van der Waals surface area (Å²) in [6, 6.07) is 3.50. The molecule has 0 spiro atoms. The first-order chi connectivity index (χ1) is 10.0. The van der Waals surface area contributed by atoms with Crippen LogP contribution >= 0.6 is 11.3 Å². The Labute approximate surface area is 127 Å². The van der Waals surface area contributed by atoms with Crippen LogP contribution in [0.1, 0.15) is 21.5 Å². The lowest BCUT2D eigenvalue weighted by Crippen LogP contribution is -2.50. The Morgan fingerprint density at radius 2 is 2.00 bits per heavy atom. The summed E-state index contributed by atoms with van der Waals surface area (Å²) in [5, 5.41) is 8.92. The molecule has 1 aromatic heterocycles. The van der Waals surface area contributed by atoms with Gasteiger partial charge in [0, 0.05) is 44.7 Å². The van der Waals surface area contributed by atoms with Crippen molar-refractivity contribution in [3.05, 3.63) is 21.9 Å². The lowest BCUT2D eigenvalue weighted by Gasteiger charge is -2.35. The third kappa shape index (κ3) is 4.03. The van der Waals surface area contributed by atoms with Crippen molar-refractivity contribution in [2.75, 3.05) is 33.3 Å². The van der Waals surface area contributed by atoms with Gasteiger partial charge in [-0.15, -0.1) is 11.3 Å². The van der Waals surface area contributed by atoms with Crippen molar-refractivity contribution in [2.24, 2.45) is 0 Å².